The molecule has 1 fully saturated rings. The fourth-order valence-electron chi connectivity index (χ4n) is 3.82. The van der Waals surface area contributed by atoms with E-state index in [4.69, 9.17) is 18.9 Å². The highest BCUT2D eigenvalue weighted by molar-refractivity contribution is 5.73. The zero-order chi connectivity index (χ0) is 23.8. The third kappa shape index (κ3) is 6.28. The lowest BCUT2D eigenvalue weighted by molar-refractivity contribution is -0.315. The third-order valence-corrected chi connectivity index (χ3v) is 5.59. The minimum atomic E-state index is -1.52. The van der Waals surface area contributed by atoms with E-state index in [1.165, 1.54) is 0 Å². The van der Waals surface area contributed by atoms with Gasteiger partial charge in [-0.15, -0.1) is 0 Å². The van der Waals surface area contributed by atoms with Crippen LogP contribution in [0, 0.1) is 0 Å². The van der Waals surface area contributed by atoms with Gasteiger partial charge in [-0.3, -0.25) is 0 Å². The molecular formula is C27H28O7. The second-order valence-corrected chi connectivity index (χ2v) is 8.07. The van der Waals surface area contributed by atoms with Crippen LogP contribution < -0.4 is 0 Å². The number of carboxylic acid groups (broad SMARTS) is 1. The Morgan fingerprint density at radius 3 is 1.53 bits per heavy atom. The van der Waals surface area contributed by atoms with Crippen molar-refractivity contribution in [1.29, 1.82) is 0 Å². The predicted molar refractivity (Wildman–Crippen MR) is 124 cm³/mol. The number of aliphatic carboxylic acids is 1. The van der Waals surface area contributed by atoms with Gasteiger partial charge in [0, 0.05) is 0 Å². The van der Waals surface area contributed by atoms with Crippen molar-refractivity contribution in [1.82, 2.24) is 0 Å². The molecule has 1 heterocycles. The van der Waals surface area contributed by atoms with Crippen LogP contribution in [-0.4, -0.2) is 46.9 Å². The number of carbonyl (C=O) groups is 1. The molecule has 2 N–H and O–H groups in total. The smallest absolute Gasteiger partial charge is 0.335 e. The summed E-state index contributed by atoms with van der Waals surface area (Å²) < 4.78 is 23.9. The van der Waals surface area contributed by atoms with E-state index >= 15 is 0 Å². The van der Waals surface area contributed by atoms with Gasteiger partial charge < -0.3 is 29.2 Å². The second-order valence-electron chi connectivity index (χ2n) is 8.07. The van der Waals surface area contributed by atoms with Gasteiger partial charge in [-0.2, -0.15) is 0 Å². The molecule has 1 unspecified atom stereocenters. The van der Waals surface area contributed by atoms with Crippen LogP contribution in [0.1, 0.15) is 16.7 Å². The van der Waals surface area contributed by atoms with Crippen molar-refractivity contribution in [2.24, 2.45) is 0 Å². The summed E-state index contributed by atoms with van der Waals surface area (Å²) in [4.78, 5) is 11.9. The largest absolute Gasteiger partial charge is 0.479 e. The van der Waals surface area contributed by atoms with Gasteiger partial charge in [0.15, 0.2) is 12.4 Å². The van der Waals surface area contributed by atoms with Crippen LogP contribution in [0.2, 0.25) is 0 Å². The van der Waals surface area contributed by atoms with Crippen molar-refractivity contribution >= 4 is 5.97 Å². The van der Waals surface area contributed by atoms with Crippen molar-refractivity contribution in [2.45, 2.75) is 50.5 Å². The van der Waals surface area contributed by atoms with E-state index in [1.54, 1.807) is 0 Å². The Kier molecular flexibility index (Phi) is 8.41. The SMILES string of the molecule is O=C(O)[C@H]1OC(OCc2ccccc2)[C@H](OCc2ccccc2)[C@@H](OCc2ccccc2)[C@H]1O. The number of carboxylic acids is 1. The molecule has 4 rings (SSSR count). The van der Waals surface area contributed by atoms with E-state index in [2.05, 4.69) is 0 Å². The third-order valence-electron chi connectivity index (χ3n) is 5.59. The minimum absolute atomic E-state index is 0.172. The summed E-state index contributed by atoms with van der Waals surface area (Å²) >= 11 is 0. The Hall–Kier alpha value is -3.07. The molecule has 0 spiro atoms. The quantitative estimate of drug-likeness (QED) is 0.474. The van der Waals surface area contributed by atoms with Crippen LogP contribution in [-0.2, 0) is 43.6 Å². The van der Waals surface area contributed by atoms with Crippen LogP contribution in [0.25, 0.3) is 0 Å². The molecule has 0 amide bonds. The molecule has 7 heteroatoms. The maximum absolute atomic E-state index is 11.9. The average molecular weight is 465 g/mol. The molecule has 3 aromatic rings. The fourth-order valence-corrected chi connectivity index (χ4v) is 3.82. The van der Waals surface area contributed by atoms with Crippen LogP contribution in [0.15, 0.2) is 91.0 Å². The molecular weight excluding hydrogens is 436 g/mol. The van der Waals surface area contributed by atoms with Crippen molar-refractivity contribution in [2.75, 3.05) is 0 Å². The number of aliphatic hydroxyl groups excluding tert-OH is 1. The van der Waals surface area contributed by atoms with Crippen LogP contribution in [0.4, 0.5) is 0 Å². The predicted octanol–water partition coefficient (Wildman–Crippen LogP) is 3.54. The first-order valence-corrected chi connectivity index (χ1v) is 11.1. The Morgan fingerprint density at radius 2 is 1.09 bits per heavy atom. The molecule has 1 saturated heterocycles. The highest BCUT2D eigenvalue weighted by Gasteiger charge is 2.50. The molecule has 5 atom stereocenters. The molecule has 0 bridgehead atoms. The average Bonchev–Trinajstić information content (AvgIpc) is 2.87. The summed E-state index contributed by atoms with van der Waals surface area (Å²) in [5, 5.41) is 20.6. The lowest BCUT2D eigenvalue weighted by Crippen LogP contribution is -2.61. The number of hydrogen-bond donors (Lipinski definition) is 2. The normalized spacial score (nSPS) is 24.6. The fraction of sp³-hybridized carbons (Fsp3) is 0.296. The van der Waals surface area contributed by atoms with E-state index in [0.29, 0.717) is 0 Å². The van der Waals surface area contributed by atoms with Crippen molar-refractivity contribution in [3.8, 4) is 0 Å². The number of ether oxygens (including phenoxy) is 4. The Morgan fingerprint density at radius 1 is 0.676 bits per heavy atom. The van der Waals surface area contributed by atoms with Gasteiger partial charge in [-0.05, 0) is 16.7 Å². The van der Waals surface area contributed by atoms with E-state index in [9.17, 15) is 15.0 Å². The van der Waals surface area contributed by atoms with Crippen LogP contribution in [0.5, 0.6) is 0 Å². The van der Waals surface area contributed by atoms with Crippen molar-refractivity contribution in [3.05, 3.63) is 108 Å². The highest BCUT2D eigenvalue weighted by atomic mass is 16.7. The Labute approximate surface area is 198 Å². The van der Waals surface area contributed by atoms with Crippen LogP contribution >= 0.6 is 0 Å². The van der Waals surface area contributed by atoms with Crippen LogP contribution in [0.3, 0.4) is 0 Å². The molecule has 178 valence electrons. The van der Waals surface area contributed by atoms with Gasteiger partial charge in [0.05, 0.1) is 19.8 Å². The first-order valence-electron chi connectivity index (χ1n) is 11.1. The monoisotopic (exact) mass is 464 g/mol. The maximum atomic E-state index is 11.9. The molecule has 7 nitrogen and oxygen atoms in total. The first kappa shape index (κ1) is 24.1. The van der Waals surface area contributed by atoms with Gasteiger partial charge >= 0.3 is 5.97 Å². The second kappa shape index (κ2) is 11.9. The molecule has 1 aliphatic rings. The van der Waals surface area contributed by atoms with Gasteiger partial charge in [0.2, 0.25) is 0 Å². The molecule has 34 heavy (non-hydrogen) atoms. The number of hydrogen-bond acceptors (Lipinski definition) is 6. The minimum Gasteiger partial charge on any atom is -0.479 e. The van der Waals surface area contributed by atoms with E-state index in [0.717, 1.165) is 16.7 Å². The van der Waals surface area contributed by atoms with E-state index in [1.807, 2.05) is 91.0 Å². The first-order chi connectivity index (χ1) is 16.6. The summed E-state index contributed by atoms with van der Waals surface area (Å²) in [6.07, 6.45) is -5.87. The standard InChI is InChI=1S/C27H28O7/c28-22-23(31-16-19-10-4-1-5-11-19)25(32-17-20-12-6-2-7-13-20)27(34-24(22)26(29)30)33-18-21-14-8-3-9-15-21/h1-15,22-25,27-28H,16-18H2,(H,29,30)/t22-,23+,24+,25-,27?/m1/s1. The summed E-state index contributed by atoms with van der Waals surface area (Å²) in [6, 6.07) is 28.5. The molecule has 0 aromatic heterocycles. The lowest BCUT2D eigenvalue weighted by atomic mass is 9.98. The zero-order valence-electron chi connectivity index (χ0n) is 18.6. The van der Waals surface area contributed by atoms with E-state index < -0.39 is 36.7 Å². The molecule has 0 saturated carbocycles. The van der Waals surface area contributed by atoms with Gasteiger partial charge in [-0.1, -0.05) is 91.0 Å². The molecule has 0 radical (unpaired) electrons. The zero-order valence-corrected chi connectivity index (χ0v) is 18.6. The number of benzene rings is 3. The van der Waals surface area contributed by atoms with Gasteiger partial charge in [0.1, 0.15) is 18.3 Å². The Balaban J connectivity index is 1.56. The number of rotatable bonds is 10. The lowest BCUT2D eigenvalue weighted by Gasteiger charge is -2.42. The summed E-state index contributed by atoms with van der Waals surface area (Å²) in [5.41, 5.74) is 2.70. The van der Waals surface area contributed by atoms with Gasteiger partial charge in [-0.25, -0.2) is 4.79 Å². The van der Waals surface area contributed by atoms with Gasteiger partial charge in [0.25, 0.3) is 0 Å². The maximum Gasteiger partial charge on any atom is 0.335 e. The molecule has 1 aliphatic heterocycles. The highest BCUT2D eigenvalue weighted by Crippen LogP contribution is 2.29. The topological polar surface area (TPSA) is 94.5 Å². The van der Waals surface area contributed by atoms with E-state index in [-0.39, 0.29) is 19.8 Å². The summed E-state index contributed by atoms with van der Waals surface area (Å²) in [6.45, 7) is 0.575. The van der Waals surface area contributed by atoms with Crippen molar-refractivity contribution < 1.29 is 34.0 Å². The van der Waals surface area contributed by atoms with Crippen molar-refractivity contribution in [3.63, 3.8) is 0 Å². The molecule has 0 aliphatic carbocycles. The summed E-state index contributed by atoms with van der Waals surface area (Å²) in [7, 11) is 0. The molecule has 3 aromatic carbocycles. The summed E-state index contributed by atoms with van der Waals surface area (Å²) in [5.74, 6) is -1.30. The Bertz CT molecular complexity index is 1010. The number of aliphatic hydroxyl groups is 1.